The van der Waals surface area contributed by atoms with Gasteiger partial charge in [-0.3, -0.25) is 9.89 Å². The molecule has 0 radical (unpaired) electrons. The minimum absolute atomic E-state index is 0. The Morgan fingerprint density at radius 3 is 2.79 bits per heavy atom. The smallest absolute Gasteiger partial charge is 0.191 e. The Morgan fingerprint density at radius 1 is 1.25 bits per heavy atom. The van der Waals surface area contributed by atoms with Crippen LogP contribution in [-0.4, -0.2) is 61.8 Å². The fourth-order valence-electron chi connectivity index (χ4n) is 4.32. The zero-order chi connectivity index (χ0) is 16.1. The first-order valence-corrected chi connectivity index (χ1v) is 9.67. The summed E-state index contributed by atoms with van der Waals surface area (Å²) < 4.78 is 5.93. The minimum Gasteiger partial charge on any atom is -0.373 e. The third-order valence-electron chi connectivity index (χ3n) is 5.70. The summed E-state index contributed by atoms with van der Waals surface area (Å²) in [7, 11) is 1.87. The fraction of sp³-hybridized carbons (Fsp3) is 0.944. The second kappa shape index (κ2) is 10.2. The molecule has 0 aromatic rings. The molecule has 0 aromatic heterocycles. The van der Waals surface area contributed by atoms with E-state index in [0.29, 0.717) is 24.3 Å². The topological polar surface area (TPSA) is 48.9 Å². The molecule has 0 saturated carbocycles. The second-order valence-corrected chi connectivity index (χ2v) is 7.35. The first-order chi connectivity index (χ1) is 11.3. The van der Waals surface area contributed by atoms with Crippen molar-refractivity contribution in [1.29, 1.82) is 0 Å². The van der Waals surface area contributed by atoms with Gasteiger partial charge in [0.1, 0.15) is 0 Å². The number of piperidine rings is 1. The summed E-state index contributed by atoms with van der Waals surface area (Å²) in [4.78, 5) is 7.10. The fourth-order valence-corrected chi connectivity index (χ4v) is 4.32. The molecule has 24 heavy (non-hydrogen) atoms. The Morgan fingerprint density at radius 2 is 2.12 bits per heavy atom. The third-order valence-corrected chi connectivity index (χ3v) is 5.70. The molecule has 0 aromatic carbocycles. The number of hydrogen-bond acceptors (Lipinski definition) is 3. The number of hydrogen-bond donors (Lipinski definition) is 2. The lowest BCUT2D eigenvalue weighted by atomic mass is 9.96. The van der Waals surface area contributed by atoms with Crippen LogP contribution in [0.15, 0.2) is 4.99 Å². The van der Waals surface area contributed by atoms with Crippen LogP contribution in [0.25, 0.3) is 0 Å². The lowest BCUT2D eigenvalue weighted by molar-refractivity contribution is 0.0991. The van der Waals surface area contributed by atoms with E-state index in [0.717, 1.165) is 18.9 Å². The highest BCUT2D eigenvalue weighted by Gasteiger charge is 2.41. The number of likely N-dealkylation sites (tertiary alicyclic amines) is 1. The molecule has 4 atom stereocenters. The van der Waals surface area contributed by atoms with E-state index < -0.39 is 0 Å². The van der Waals surface area contributed by atoms with E-state index in [2.05, 4.69) is 27.4 Å². The summed E-state index contributed by atoms with van der Waals surface area (Å²) >= 11 is 0. The highest BCUT2D eigenvalue weighted by atomic mass is 127. The molecule has 0 aliphatic carbocycles. The van der Waals surface area contributed by atoms with Gasteiger partial charge in [-0.2, -0.15) is 0 Å². The van der Waals surface area contributed by atoms with Crippen LogP contribution in [-0.2, 0) is 4.74 Å². The van der Waals surface area contributed by atoms with Gasteiger partial charge in [-0.15, -0.1) is 24.0 Å². The monoisotopic (exact) mass is 450 g/mol. The first kappa shape index (κ1) is 20.2. The van der Waals surface area contributed by atoms with Crippen molar-refractivity contribution in [2.45, 2.75) is 82.6 Å². The molecule has 0 spiro atoms. The number of rotatable bonds is 6. The van der Waals surface area contributed by atoms with Crippen LogP contribution in [0.1, 0.15) is 58.3 Å². The molecule has 6 heteroatoms. The number of unbranched alkanes of at least 4 members (excludes halogenated alkanes) is 1. The lowest BCUT2D eigenvalue weighted by Gasteiger charge is -2.36. The Balaban J connectivity index is 0.00000208. The largest absolute Gasteiger partial charge is 0.373 e. The molecule has 3 rings (SSSR count). The number of halogens is 1. The molecule has 0 amide bonds. The van der Waals surface area contributed by atoms with Crippen molar-refractivity contribution in [2.75, 3.05) is 26.7 Å². The standard InChI is InChI=1S/C18H34N4O.HI/c1-3-4-10-22-11-6-5-7-14(22)13-20-18(19-2)21-16-12-15-8-9-17(16)23-15;/h14-17H,3-13H2,1-2H3,(H2,19,20,21);1H. The Kier molecular flexibility index (Phi) is 8.57. The molecular formula is C18H35IN4O. The highest BCUT2D eigenvalue weighted by molar-refractivity contribution is 14.0. The summed E-state index contributed by atoms with van der Waals surface area (Å²) in [6.07, 6.45) is 11.1. The number of aliphatic imine (C=N–C) groups is 1. The van der Waals surface area contributed by atoms with Crippen molar-refractivity contribution in [2.24, 2.45) is 4.99 Å². The van der Waals surface area contributed by atoms with Crippen LogP contribution in [0, 0.1) is 0 Å². The van der Waals surface area contributed by atoms with Gasteiger partial charge in [0.05, 0.1) is 18.2 Å². The molecule has 140 valence electrons. The molecule has 2 N–H and O–H groups in total. The molecule has 4 unspecified atom stereocenters. The van der Waals surface area contributed by atoms with Gasteiger partial charge in [-0.1, -0.05) is 19.8 Å². The van der Waals surface area contributed by atoms with Crippen molar-refractivity contribution in [3.63, 3.8) is 0 Å². The summed E-state index contributed by atoms with van der Waals surface area (Å²) in [5.74, 6) is 0.951. The van der Waals surface area contributed by atoms with Crippen molar-refractivity contribution in [1.82, 2.24) is 15.5 Å². The van der Waals surface area contributed by atoms with Crippen LogP contribution in [0.5, 0.6) is 0 Å². The van der Waals surface area contributed by atoms with Gasteiger partial charge in [-0.05, 0) is 51.6 Å². The lowest BCUT2D eigenvalue weighted by Crippen LogP contribution is -2.52. The quantitative estimate of drug-likeness (QED) is 0.371. The molecule has 3 heterocycles. The van der Waals surface area contributed by atoms with Crippen molar-refractivity contribution in [3.05, 3.63) is 0 Å². The molecule has 3 saturated heterocycles. The average molecular weight is 450 g/mol. The van der Waals surface area contributed by atoms with Crippen LogP contribution in [0.3, 0.4) is 0 Å². The summed E-state index contributed by atoms with van der Waals surface area (Å²) in [5.41, 5.74) is 0. The number of fused-ring (bicyclic) bond motifs is 2. The van der Waals surface area contributed by atoms with E-state index in [4.69, 9.17) is 4.74 Å². The third kappa shape index (κ3) is 5.21. The Hall–Kier alpha value is -0.0800. The van der Waals surface area contributed by atoms with Gasteiger partial charge in [0.25, 0.3) is 0 Å². The second-order valence-electron chi connectivity index (χ2n) is 7.35. The molecule has 3 fully saturated rings. The van der Waals surface area contributed by atoms with Crippen LogP contribution in [0.2, 0.25) is 0 Å². The van der Waals surface area contributed by atoms with E-state index in [-0.39, 0.29) is 24.0 Å². The van der Waals surface area contributed by atoms with Crippen LogP contribution < -0.4 is 10.6 Å². The number of guanidine groups is 1. The maximum atomic E-state index is 5.93. The minimum atomic E-state index is 0. The summed E-state index contributed by atoms with van der Waals surface area (Å²) in [5, 5.41) is 7.16. The normalized spacial score (nSPS) is 33.3. The maximum Gasteiger partial charge on any atom is 0.191 e. The van der Waals surface area contributed by atoms with Gasteiger partial charge in [0.2, 0.25) is 0 Å². The van der Waals surface area contributed by atoms with Crippen LogP contribution in [0.4, 0.5) is 0 Å². The van der Waals surface area contributed by atoms with Crippen molar-refractivity contribution >= 4 is 29.9 Å². The average Bonchev–Trinajstić information content (AvgIpc) is 3.20. The van der Waals surface area contributed by atoms with E-state index in [1.807, 2.05) is 7.05 Å². The predicted molar refractivity (Wildman–Crippen MR) is 110 cm³/mol. The highest BCUT2D eigenvalue weighted by Crippen LogP contribution is 2.34. The van der Waals surface area contributed by atoms with Gasteiger partial charge in [0, 0.05) is 19.6 Å². The summed E-state index contributed by atoms with van der Waals surface area (Å²) in [6, 6.07) is 1.10. The number of ether oxygens (including phenoxy) is 1. The van der Waals surface area contributed by atoms with Gasteiger partial charge in [0.15, 0.2) is 5.96 Å². The zero-order valence-corrected chi connectivity index (χ0v) is 17.6. The van der Waals surface area contributed by atoms with Crippen molar-refractivity contribution < 1.29 is 4.74 Å². The SMILES string of the molecule is CCCCN1CCCCC1CNC(=NC)NC1CC2CCC1O2.I. The number of nitrogens with one attached hydrogen (secondary N) is 2. The van der Waals surface area contributed by atoms with Gasteiger partial charge >= 0.3 is 0 Å². The van der Waals surface area contributed by atoms with E-state index in [1.165, 1.54) is 58.0 Å². The Labute approximate surface area is 164 Å². The van der Waals surface area contributed by atoms with Crippen molar-refractivity contribution in [3.8, 4) is 0 Å². The summed E-state index contributed by atoms with van der Waals surface area (Å²) in [6.45, 7) is 5.79. The van der Waals surface area contributed by atoms with E-state index in [1.54, 1.807) is 0 Å². The van der Waals surface area contributed by atoms with Crippen LogP contribution >= 0.6 is 24.0 Å². The van der Waals surface area contributed by atoms with E-state index >= 15 is 0 Å². The molecule has 5 nitrogen and oxygen atoms in total. The first-order valence-electron chi connectivity index (χ1n) is 9.67. The molecule has 2 bridgehead atoms. The maximum absolute atomic E-state index is 5.93. The molecule has 3 aliphatic heterocycles. The molecular weight excluding hydrogens is 415 g/mol. The predicted octanol–water partition coefficient (Wildman–Crippen LogP) is 2.74. The van der Waals surface area contributed by atoms with Gasteiger partial charge in [-0.25, -0.2) is 0 Å². The van der Waals surface area contributed by atoms with E-state index in [9.17, 15) is 0 Å². The zero-order valence-electron chi connectivity index (χ0n) is 15.3. The Bertz CT molecular complexity index is 406. The van der Waals surface area contributed by atoms with Gasteiger partial charge < -0.3 is 15.4 Å². The number of nitrogens with zero attached hydrogens (tertiary/aromatic N) is 2. The molecule has 3 aliphatic rings.